The summed E-state index contributed by atoms with van der Waals surface area (Å²) in [6.45, 7) is 11.2. The predicted octanol–water partition coefficient (Wildman–Crippen LogP) is 6.31. The standard InChI is InChI=1S/C30H33ClN6O2/c1-6-30(4,5)37-28(33-34-35-37)27(24-16-22-14-19(2)20(3)15-26(22)32-29(24)38)36(18-23-11-9-13-39-23)17-21-10-7-8-12-25(21)31/h7-16,27H,6,17-18H2,1-5H3,(H,32,38)/t27-/m0/s1. The van der Waals surface area contributed by atoms with Gasteiger partial charge in [-0.3, -0.25) is 9.69 Å². The first kappa shape index (κ1) is 26.8. The summed E-state index contributed by atoms with van der Waals surface area (Å²) in [5.74, 6) is 1.33. The minimum atomic E-state index is -0.595. The molecule has 0 spiro atoms. The Hall–Kier alpha value is -3.75. The van der Waals surface area contributed by atoms with E-state index in [1.165, 1.54) is 0 Å². The Balaban J connectivity index is 1.76. The van der Waals surface area contributed by atoms with Gasteiger partial charge in [-0.05, 0) is 103 Å². The molecule has 5 rings (SSSR count). The van der Waals surface area contributed by atoms with E-state index in [-0.39, 0.29) is 11.1 Å². The molecule has 3 aromatic heterocycles. The number of H-pyrrole nitrogens is 1. The van der Waals surface area contributed by atoms with Crippen LogP contribution in [0, 0.1) is 13.8 Å². The van der Waals surface area contributed by atoms with Crippen molar-refractivity contribution >= 4 is 22.5 Å². The van der Waals surface area contributed by atoms with Crippen LogP contribution in [0.15, 0.2) is 70.1 Å². The Kier molecular flexibility index (Phi) is 7.42. The summed E-state index contributed by atoms with van der Waals surface area (Å²) in [5, 5.41) is 14.6. The summed E-state index contributed by atoms with van der Waals surface area (Å²) >= 11 is 6.63. The van der Waals surface area contributed by atoms with Crippen molar-refractivity contribution in [2.75, 3.05) is 0 Å². The molecular weight excluding hydrogens is 512 g/mol. The number of halogens is 1. The van der Waals surface area contributed by atoms with Gasteiger partial charge in [0, 0.05) is 22.6 Å². The molecule has 39 heavy (non-hydrogen) atoms. The molecule has 0 radical (unpaired) electrons. The number of fused-ring (bicyclic) bond motifs is 1. The molecule has 0 aliphatic heterocycles. The molecule has 3 heterocycles. The number of nitrogens with one attached hydrogen (secondary N) is 1. The maximum atomic E-state index is 13.8. The van der Waals surface area contributed by atoms with Crippen LogP contribution in [0.25, 0.3) is 10.9 Å². The molecule has 0 saturated carbocycles. The van der Waals surface area contributed by atoms with Crippen LogP contribution in [0.5, 0.6) is 0 Å². The first-order valence-electron chi connectivity index (χ1n) is 13.1. The van der Waals surface area contributed by atoms with E-state index in [0.717, 1.165) is 39.8 Å². The van der Waals surface area contributed by atoms with E-state index < -0.39 is 6.04 Å². The maximum absolute atomic E-state index is 13.8. The van der Waals surface area contributed by atoms with Gasteiger partial charge in [0.25, 0.3) is 5.56 Å². The third-order valence-corrected chi connectivity index (χ3v) is 7.96. The van der Waals surface area contributed by atoms with Crippen molar-refractivity contribution in [3.63, 3.8) is 0 Å². The van der Waals surface area contributed by atoms with Crippen molar-refractivity contribution in [3.05, 3.63) is 110 Å². The Morgan fingerprint density at radius 1 is 1.08 bits per heavy atom. The van der Waals surface area contributed by atoms with E-state index in [9.17, 15) is 4.79 Å². The lowest BCUT2D eigenvalue weighted by Crippen LogP contribution is -2.38. The van der Waals surface area contributed by atoms with Crippen LogP contribution >= 0.6 is 11.6 Å². The highest BCUT2D eigenvalue weighted by Gasteiger charge is 2.35. The highest BCUT2D eigenvalue weighted by atomic mass is 35.5. The summed E-state index contributed by atoms with van der Waals surface area (Å²) in [6, 6.07) is 17.0. The lowest BCUT2D eigenvalue weighted by Gasteiger charge is -2.33. The normalized spacial score (nSPS) is 12.9. The second-order valence-corrected chi connectivity index (χ2v) is 11.1. The molecule has 0 amide bonds. The van der Waals surface area contributed by atoms with Gasteiger partial charge in [-0.2, -0.15) is 0 Å². The number of furan rings is 1. The van der Waals surface area contributed by atoms with E-state index in [0.29, 0.717) is 29.5 Å². The number of benzene rings is 2. The molecule has 1 N–H and O–H groups in total. The zero-order chi connectivity index (χ0) is 27.7. The molecule has 0 bridgehead atoms. The molecule has 0 fully saturated rings. The third kappa shape index (κ3) is 5.40. The van der Waals surface area contributed by atoms with Gasteiger partial charge >= 0.3 is 0 Å². The topological polar surface area (TPSA) is 92.8 Å². The van der Waals surface area contributed by atoms with E-state index in [2.05, 4.69) is 59.2 Å². The van der Waals surface area contributed by atoms with Gasteiger partial charge in [0.2, 0.25) is 0 Å². The van der Waals surface area contributed by atoms with Gasteiger partial charge in [0.15, 0.2) is 5.82 Å². The highest BCUT2D eigenvalue weighted by molar-refractivity contribution is 6.31. The number of aromatic nitrogens is 5. The van der Waals surface area contributed by atoms with Gasteiger partial charge in [0.1, 0.15) is 11.8 Å². The molecular formula is C30H33ClN6O2. The molecule has 5 aromatic rings. The fourth-order valence-corrected chi connectivity index (χ4v) is 5.02. The molecule has 1 atom stereocenters. The second kappa shape index (κ2) is 10.8. The van der Waals surface area contributed by atoms with Crippen LogP contribution < -0.4 is 5.56 Å². The Morgan fingerprint density at radius 2 is 1.85 bits per heavy atom. The van der Waals surface area contributed by atoms with E-state index in [1.807, 2.05) is 60.1 Å². The van der Waals surface area contributed by atoms with Crippen LogP contribution in [0.3, 0.4) is 0 Å². The third-order valence-electron chi connectivity index (χ3n) is 7.59. The molecule has 0 aliphatic rings. The van der Waals surface area contributed by atoms with E-state index in [1.54, 1.807) is 6.26 Å². The molecule has 0 unspecified atom stereocenters. The summed E-state index contributed by atoms with van der Waals surface area (Å²) in [7, 11) is 0. The molecule has 9 heteroatoms. The van der Waals surface area contributed by atoms with Gasteiger partial charge in [-0.25, -0.2) is 4.68 Å². The molecule has 202 valence electrons. The minimum absolute atomic E-state index is 0.191. The number of hydrogen-bond acceptors (Lipinski definition) is 6. The van der Waals surface area contributed by atoms with E-state index in [4.69, 9.17) is 16.0 Å². The average Bonchev–Trinajstić information content (AvgIpc) is 3.60. The number of pyridine rings is 1. The van der Waals surface area contributed by atoms with Crippen molar-refractivity contribution in [2.24, 2.45) is 0 Å². The van der Waals surface area contributed by atoms with Gasteiger partial charge in [-0.1, -0.05) is 36.7 Å². The first-order chi connectivity index (χ1) is 18.7. The lowest BCUT2D eigenvalue weighted by molar-refractivity contribution is 0.168. The molecule has 0 aliphatic carbocycles. The van der Waals surface area contributed by atoms with E-state index >= 15 is 0 Å². The van der Waals surface area contributed by atoms with Crippen molar-refractivity contribution in [1.82, 2.24) is 30.1 Å². The molecule has 0 saturated heterocycles. The maximum Gasteiger partial charge on any atom is 0.253 e. The Morgan fingerprint density at radius 3 is 2.56 bits per heavy atom. The van der Waals surface area contributed by atoms with Crippen LogP contribution in [0.4, 0.5) is 0 Å². The monoisotopic (exact) mass is 544 g/mol. The number of rotatable bonds is 9. The van der Waals surface area contributed by atoms with Crippen molar-refractivity contribution in [3.8, 4) is 0 Å². The van der Waals surface area contributed by atoms with Crippen LogP contribution in [0.2, 0.25) is 5.02 Å². The Bertz CT molecular complexity index is 1650. The summed E-state index contributed by atoms with van der Waals surface area (Å²) in [5.41, 5.74) is 3.97. The number of aromatic amines is 1. The zero-order valence-corrected chi connectivity index (χ0v) is 23.7. The van der Waals surface area contributed by atoms with Gasteiger partial charge in [-0.15, -0.1) is 5.10 Å². The highest BCUT2D eigenvalue weighted by Crippen LogP contribution is 2.34. The number of nitrogens with zero attached hydrogens (tertiary/aromatic N) is 5. The fraction of sp³-hybridized carbons (Fsp3) is 0.333. The quantitative estimate of drug-likeness (QED) is 0.233. The van der Waals surface area contributed by atoms with Gasteiger partial charge < -0.3 is 9.40 Å². The zero-order valence-electron chi connectivity index (χ0n) is 22.9. The second-order valence-electron chi connectivity index (χ2n) is 10.7. The number of aryl methyl sites for hydroxylation is 2. The average molecular weight is 545 g/mol. The minimum Gasteiger partial charge on any atom is -0.468 e. The van der Waals surface area contributed by atoms with Gasteiger partial charge in [0.05, 0.1) is 18.3 Å². The molecule has 2 aromatic carbocycles. The summed E-state index contributed by atoms with van der Waals surface area (Å²) < 4.78 is 7.60. The van der Waals surface area contributed by atoms with Crippen molar-refractivity contribution in [1.29, 1.82) is 0 Å². The van der Waals surface area contributed by atoms with Crippen molar-refractivity contribution in [2.45, 2.75) is 65.7 Å². The number of tetrazole rings is 1. The number of hydrogen-bond donors (Lipinski definition) is 1. The smallest absolute Gasteiger partial charge is 0.253 e. The van der Waals surface area contributed by atoms with Crippen LogP contribution in [-0.4, -0.2) is 30.1 Å². The first-order valence-corrected chi connectivity index (χ1v) is 13.5. The predicted molar refractivity (Wildman–Crippen MR) is 153 cm³/mol. The lowest BCUT2D eigenvalue weighted by atomic mass is 9.98. The largest absolute Gasteiger partial charge is 0.468 e. The summed E-state index contributed by atoms with van der Waals surface area (Å²) in [6.07, 6.45) is 2.45. The van der Waals surface area contributed by atoms with Crippen LogP contribution in [-0.2, 0) is 18.6 Å². The SMILES string of the molecule is CCC(C)(C)n1nnnc1[C@H](c1cc2cc(C)c(C)cc2[nH]c1=O)N(Cc1ccco1)Cc1ccccc1Cl. The fourth-order valence-electron chi connectivity index (χ4n) is 4.83. The Labute approximate surface area is 232 Å². The van der Waals surface area contributed by atoms with Crippen LogP contribution in [0.1, 0.15) is 67.1 Å². The molecule has 8 nitrogen and oxygen atoms in total. The summed E-state index contributed by atoms with van der Waals surface area (Å²) in [4.78, 5) is 19.1. The van der Waals surface area contributed by atoms with Crippen molar-refractivity contribution < 1.29 is 4.42 Å².